The lowest BCUT2D eigenvalue weighted by Crippen LogP contribution is -2.02. The van der Waals surface area contributed by atoms with Crippen LogP contribution in [0.1, 0.15) is 11.1 Å². The molecule has 2 rings (SSSR count). The number of anilines is 1. The molecular weight excluding hydrogens is 317 g/mol. The first kappa shape index (κ1) is 15.5. The summed E-state index contributed by atoms with van der Waals surface area (Å²) in [4.78, 5) is 0. The molecule has 106 valence electrons. The molecule has 20 heavy (non-hydrogen) atoms. The summed E-state index contributed by atoms with van der Waals surface area (Å²) >= 11 is 18.3. The number of hydrogen-bond acceptors (Lipinski definition) is 2. The summed E-state index contributed by atoms with van der Waals surface area (Å²) in [6.45, 7) is 1.09. The van der Waals surface area contributed by atoms with Gasteiger partial charge in [0.2, 0.25) is 0 Å². The smallest absolute Gasteiger partial charge is 0.0713 e. The fourth-order valence-corrected chi connectivity index (χ4v) is 2.54. The Labute approximate surface area is 133 Å². The summed E-state index contributed by atoms with van der Waals surface area (Å²) in [6, 6.07) is 11.4. The van der Waals surface area contributed by atoms with Gasteiger partial charge in [0.05, 0.1) is 16.7 Å². The first-order valence-corrected chi connectivity index (χ1v) is 7.19. The van der Waals surface area contributed by atoms with E-state index in [0.29, 0.717) is 28.2 Å². The number of benzene rings is 2. The minimum atomic E-state index is 0.486. The number of methoxy groups -OCH3 is 1. The zero-order valence-corrected chi connectivity index (χ0v) is 13.2. The highest BCUT2D eigenvalue weighted by Gasteiger charge is 2.09. The van der Waals surface area contributed by atoms with Gasteiger partial charge in [0.15, 0.2) is 0 Å². The predicted octanol–water partition coefficient (Wildman–Crippen LogP) is 5.41. The molecule has 0 aliphatic carbocycles. The maximum atomic E-state index is 6.17. The van der Waals surface area contributed by atoms with Gasteiger partial charge >= 0.3 is 0 Å². The average Bonchev–Trinajstić information content (AvgIpc) is 2.44. The van der Waals surface area contributed by atoms with Gasteiger partial charge < -0.3 is 10.1 Å². The van der Waals surface area contributed by atoms with Crippen LogP contribution in [-0.2, 0) is 17.9 Å². The molecule has 0 aliphatic rings. The van der Waals surface area contributed by atoms with Crippen molar-refractivity contribution in [2.75, 3.05) is 12.4 Å². The van der Waals surface area contributed by atoms with E-state index >= 15 is 0 Å². The fraction of sp³-hybridized carbons (Fsp3) is 0.200. The van der Waals surface area contributed by atoms with E-state index < -0.39 is 0 Å². The van der Waals surface area contributed by atoms with Crippen molar-refractivity contribution in [3.05, 3.63) is 62.6 Å². The highest BCUT2D eigenvalue weighted by Crippen LogP contribution is 2.31. The van der Waals surface area contributed by atoms with E-state index in [9.17, 15) is 0 Å². The molecule has 0 fully saturated rings. The van der Waals surface area contributed by atoms with Crippen LogP contribution >= 0.6 is 34.8 Å². The lowest BCUT2D eigenvalue weighted by molar-refractivity contribution is 0.185. The maximum absolute atomic E-state index is 6.17. The van der Waals surface area contributed by atoms with Crippen LogP contribution in [0, 0.1) is 0 Å². The third-order valence-electron chi connectivity index (χ3n) is 2.85. The van der Waals surface area contributed by atoms with Crippen molar-refractivity contribution in [1.29, 1.82) is 0 Å². The minimum Gasteiger partial charge on any atom is -0.381 e. The van der Waals surface area contributed by atoms with Gasteiger partial charge in [-0.2, -0.15) is 0 Å². The molecule has 2 nitrogen and oxygen atoms in total. The van der Waals surface area contributed by atoms with E-state index in [2.05, 4.69) is 5.32 Å². The van der Waals surface area contributed by atoms with Crippen LogP contribution in [0.15, 0.2) is 36.4 Å². The molecule has 2 aromatic carbocycles. The number of nitrogens with one attached hydrogen (secondary N) is 1. The standard InChI is InChI=1S/C15H14Cl3NO/c1-20-9-10-3-2-4-11(7-10)19-8-12-13(16)5-6-14(17)15(12)18/h2-7,19H,8-9H2,1H3. The van der Waals surface area contributed by atoms with E-state index in [1.165, 1.54) is 0 Å². The number of ether oxygens (including phenoxy) is 1. The van der Waals surface area contributed by atoms with Crippen LogP contribution in [-0.4, -0.2) is 7.11 Å². The predicted molar refractivity (Wildman–Crippen MR) is 86.0 cm³/mol. The third-order valence-corrected chi connectivity index (χ3v) is 4.04. The summed E-state index contributed by atoms with van der Waals surface area (Å²) in [5.74, 6) is 0. The highest BCUT2D eigenvalue weighted by atomic mass is 35.5. The van der Waals surface area contributed by atoms with Crippen molar-refractivity contribution < 1.29 is 4.74 Å². The lowest BCUT2D eigenvalue weighted by Gasteiger charge is -2.12. The van der Waals surface area contributed by atoms with Gasteiger partial charge in [0.25, 0.3) is 0 Å². The zero-order chi connectivity index (χ0) is 14.5. The number of halogens is 3. The summed E-state index contributed by atoms with van der Waals surface area (Å²) in [7, 11) is 1.67. The van der Waals surface area contributed by atoms with Crippen molar-refractivity contribution in [2.45, 2.75) is 13.2 Å². The van der Waals surface area contributed by atoms with Gasteiger partial charge in [-0.05, 0) is 29.8 Å². The summed E-state index contributed by atoms with van der Waals surface area (Å²) < 4.78 is 5.11. The molecule has 0 amide bonds. The SMILES string of the molecule is COCc1cccc(NCc2c(Cl)ccc(Cl)c2Cl)c1. The van der Waals surface area contributed by atoms with E-state index in [0.717, 1.165) is 16.8 Å². The number of rotatable bonds is 5. The van der Waals surface area contributed by atoms with E-state index in [1.807, 2.05) is 24.3 Å². The van der Waals surface area contributed by atoms with Crippen molar-refractivity contribution in [3.8, 4) is 0 Å². The van der Waals surface area contributed by atoms with E-state index in [1.54, 1.807) is 19.2 Å². The molecule has 2 aromatic rings. The fourth-order valence-electron chi connectivity index (χ4n) is 1.86. The molecule has 5 heteroatoms. The third kappa shape index (κ3) is 3.80. The van der Waals surface area contributed by atoms with Crippen LogP contribution in [0.2, 0.25) is 15.1 Å². The van der Waals surface area contributed by atoms with Gasteiger partial charge in [0.1, 0.15) is 0 Å². The summed E-state index contributed by atoms with van der Waals surface area (Å²) in [5, 5.41) is 4.87. The van der Waals surface area contributed by atoms with Crippen LogP contribution in [0.5, 0.6) is 0 Å². The van der Waals surface area contributed by atoms with Gasteiger partial charge in [0, 0.05) is 29.9 Å². The maximum Gasteiger partial charge on any atom is 0.0713 e. The summed E-state index contributed by atoms with van der Waals surface area (Å²) in [5.41, 5.74) is 2.87. The van der Waals surface area contributed by atoms with E-state index in [-0.39, 0.29) is 0 Å². The second kappa shape index (κ2) is 7.19. The average molecular weight is 331 g/mol. The molecule has 0 aromatic heterocycles. The van der Waals surface area contributed by atoms with Gasteiger partial charge in [-0.15, -0.1) is 0 Å². The normalized spacial score (nSPS) is 10.6. The Hall–Kier alpha value is -0.930. The van der Waals surface area contributed by atoms with Gasteiger partial charge in [-0.3, -0.25) is 0 Å². The molecule has 0 radical (unpaired) electrons. The monoisotopic (exact) mass is 329 g/mol. The van der Waals surface area contributed by atoms with Gasteiger partial charge in [-0.25, -0.2) is 0 Å². The molecule has 0 bridgehead atoms. The Morgan fingerprint density at radius 3 is 2.55 bits per heavy atom. The lowest BCUT2D eigenvalue weighted by atomic mass is 10.2. The topological polar surface area (TPSA) is 21.3 Å². The molecule has 0 saturated heterocycles. The van der Waals surface area contributed by atoms with Crippen LogP contribution < -0.4 is 5.32 Å². The van der Waals surface area contributed by atoms with Crippen LogP contribution in [0.4, 0.5) is 5.69 Å². The van der Waals surface area contributed by atoms with Crippen molar-refractivity contribution in [2.24, 2.45) is 0 Å². The molecule has 0 saturated carbocycles. The zero-order valence-electron chi connectivity index (χ0n) is 10.9. The largest absolute Gasteiger partial charge is 0.381 e. The molecule has 0 atom stereocenters. The van der Waals surface area contributed by atoms with Crippen molar-refractivity contribution in [1.82, 2.24) is 0 Å². The Kier molecular flexibility index (Phi) is 5.55. The first-order chi connectivity index (χ1) is 9.61. The highest BCUT2D eigenvalue weighted by molar-refractivity contribution is 6.44. The minimum absolute atomic E-state index is 0.486. The van der Waals surface area contributed by atoms with Crippen molar-refractivity contribution in [3.63, 3.8) is 0 Å². The van der Waals surface area contributed by atoms with Crippen LogP contribution in [0.3, 0.4) is 0 Å². The van der Waals surface area contributed by atoms with E-state index in [4.69, 9.17) is 39.5 Å². The molecule has 0 heterocycles. The van der Waals surface area contributed by atoms with Crippen LogP contribution in [0.25, 0.3) is 0 Å². The number of hydrogen-bond donors (Lipinski definition) is 1. The second-order valence-electron chi connectivity index (χ2n) is 4.31. The molecule has 0 aliphatic heterocycles. The van der Waals surface area contributed by atoms with Gasteiger partial charge in [-0.1, -0.05) is 46.9 Å². The molecule has 1 N–H and O–H groups in total. The molecule has 0 spiro atoms. The second-order valence-corrected chi connectivity index (χ2v) is 5.50. The Bertz CT molecular complexity index is 602. The molecular formula is C15H14Cl3NO. The Morgan fingerprint density at radius 1 is 1.05 bits per heavy atom. The Balaban J connectivity index is 2.13. The first-order valence-electron chi connectivity index (χ1n) is 6.06. The quantitative estimate of drug-likeness (QED) is 0.741. The summed E-state index contributed by atoms with van der Waals surface area (Å²) in [6.07, 6.45) is 0. The Morgan fingerprint density at radius 2 is 1.80 bits per heavy atom. The van der Waals surface area contributed by atoms with Crippen molar-refractivity contribution >= 4 is 40.5 Å². The molecule has 0 unspecified atom stereocenters.